The van der Waals surface area contributed by atoms with Crippen molar-refractivity contribution in [2.45, 2.75) is 32.0 Å². The molecule has 0 fully saturated rings. The number of rotatable bonds is 4. The van der Waals surface area contributed by atoms with Gasteiger partial charge in [0.15, 0.2) is 0 Å². The van der Waals surface area contributed by atoms with Crippen LogP contribution in [0, 0.1) is 0 Å². The quantitative estimate of drug-likeness (QED) is 0.465. The number of ether oxygens (including phenoxy) is 1. The lowest BCUT2D eigenvalue weighted by atomic mass is 10.1. The highest BCUT2D eigenvalue weighted by Crippen LogP contribution is 2.26. The fraction of sp³-hybridized carbons (Fsp3) is 0.304. The van der Waals surface area contributed by atoms with Crippen LogP contribution in [0.25, 0.3) is 11.3 Å². The molecule has 0 saturated heterocycles. The summed E-state index contributed by atoms with van der Waals surface area (Å²) < 4.78 is 71.0. The van der Waals surface area contributed by atoms with Crippen LogP contribution in [0.4, 0.5) is 26.3 Å². The van der Waals surface area contributed by atoms with E-state index in [-0.39, 0.29) is 0 Å². The Morgan fingerprint density at radius 3 is 2.00 bits per heavy atom. The molecule has 15 heteroatoms. The van der Waals surface area contributed by atoms with Gasteiger partial charge < -0.3 is 19.5 Å². The molecule has 3 aromatic rings. The second-order valence-electron chi connectivity index (χ2n) is 7.62. The van der Waals surface area contributed by atoms with Crippen molar-refractivity contribution < 1.29 is 50.9 Å². The van der Waals surface area contributed by atoms with Gasteiger partial charge in [-0.2, -0.15) is 26.3 Å². The highest BCUT2D eigenvalue weighted by atomic mass is 19.4. The minimum Gasteiger partial charge on any atom is -0.497 e. The molecule has 2 N–H and O–H groups in total. The van der Waals surface area contributed by atoms with Gasteiger partial charge in [-0.05, 0) is 35.9 Å². The summed E-state index contributed by atoms with van der Waals surface area (Å²) in [6, 6.07) is 12.3. The average Bonchev–Trinajstić information content (AvgIpc) is 3.27. The van der Waals surface area contributed by atoms with Gasteiger partial charge in [-0.3, -0.25) is 9.88 Å². The van der Waals surface area contributed by atoms with E-state index in [1.54, 1.807) is 7.11 Å². The summed E-state index contributed by atoms with van der Waals surface area (Å²) >= 11 is 0. The van der Waals surface area contributed by atoms with E-state index in [2.05, 4.69) is 37.6 Å². The van der Waals surface area contributed by atoms with Crippen LogP contribution in [0.5, 0.6) is 5.75 Å². The van der Waals surface area contributed by atoms with Crippen LogP contribution in [0.1, 0.15) is 11.4 Å². The summed E-state index contributed by atoms with van der Waals surface area (Å²) in [6.07, 6.45) is -4.44. The topological polar surface area (TPSA) is 118 Å². The molecule has 4 rings (SSSR count). The van der Waals surface area contributed by atoms with Crippen LogP contribution in [-0.2, 0) is 29.2 Å². The maximum Gasteiger partial charge on any atom is 0.490 e. The smallest absolute Gasteiger partial charge is 0.490 e. The van der Waals surface area contributed by atoms with Gasteiger partial charge in [0.2, 0.25) is 0 Å². The molecule has 0 aliphatic carbocycles. The molecule has 1 aromatic carbocycles. The Hall–Kier alpha value is -4.14. The van der Waals surface area contributed by atoms with Gasteiger partial charge in [0.05, 0.1) is 25.5 Å². The van der Waals surface area contributed by atoms with E-state index in [4.69, 9.17) is 24.5 Å². The molecule has 3 heterocycles. The van der Waals surface area contributed by atoms with Gasteiger partial charge in [-0.1, -0.05) is 6.07 Å². The first-order valence-electron chi connectivity index (χ1n) is 10.6. The molecule has 0 radical (unpaired) electrons. The number of imidazole rings is 1. The molecule has 0 spiro atoms. The fourth-order valence-electron chi connectivity index (χ4n) is 3.19. The summed E-state index contributed by atoms with van der Waals surface area (Å²) in [5, 5.41) is 14.2. The van der Waals surface area contributed by atoms with E-state index in [1.165, 1.54) is 16.8 Å². The molecule has 1 aliphatic rings. The zero-order chi connectivity index (χ0) is 28.5. The van der Waals surface area contributed by atoms with Crippen LogP contribution in [0.2, 0.25) is 0 Å². The van der Waals surface area contributed by atoms with E-state index in [0.717, 1.165) is 37.8 Å². The van der Waals surface area contributed by atoms with Crippen molar-refractivity contribution in [1.29, 1.82) is 0 Å². The van der Waals surface area contributed by atoms with Gasteiger partial charge in [-0.15, -0.1) is 0 Å². The number of aromatic nitrogens is 3. The van der Waals surface area contributed by atoms with E-state index < -0.39 is 24.3 Å². The Labute approximate surface area is 211 Å². The van der Waals surface area contributed by atoms with Crippen LogP contribution in [0.15, 0.2) is 55.0 Å². The molecular formula is C23H22F6N4O5. The van der Waals surface area contributed by atoms with Crippen LogP contribution in [0.3, 0.4) is 0 Å². The maximum atomic E-state index is 10.6. The highest BCUT2D eigenvalue weighted by Gasteiger charge is 2.38. The second kappa shape index (κ2) is 12.9. The summed E-state index contributed by atoms with van der Waals surface area (Å²) in [5.74, 6) is -3.52. The van der Waals surface area contributed by atoms with Crippen molar-refractivity contribution in [1.82, 2.24) is 19.4 Å². The molecule has 0 saturated carbocycles. The second-order valence-corrected chi connectivity index (χ2v) is 7.62. The molecular weight excluding hydrogens is 526 g/mol. The molecule has 0 amide bonds. The monoisotopic (exact) mass is 548 g/mol. The van der Waals surface area contributed by atoms with Crippen LogP contribution < -0.4 is 4.74 Å². The minimum absolute atomic E-state index is 0.866. The highest BCUT2D eigenvalue weighted by molar-refractivity contribution is 5.73. The molecule has 1 aliphatic heterocycles. The van der Waals surface area contributed by atoms with E-state index >= 15 is 0 Å². The lowest BCUT2D eigenvalue weighted by Gasteiger charge is -2.28. The average molecular weight is 548 g/mol. The van der Waals surface area contributed by atoms with E-state index in [1.807, 2.05) is 36.8 Å². The van der Waals surface area contributed by atoms with Gasteiger partial charge >= 0.3 is 24.3 Å². The predicted octanol–water partition coefficient (Wildman–Crippen LogP) is 4.24. The molecule has 38 heavy (non-hydrogen) atoms. The fourth-order valence-corrected chi connectivity index (χ4v) is 3.19. The number of hydrogen-bond acceptors (Lipinski definition) is 6. The number of benzene rings is 1. The van der Waals surface area contributed by atoms with Gasteiger partial charge in [0, 0.05) is 37.6 Å². The number of nitrogens with zero attached hydrogens (tertiary/aromatic N) is 4. The molecule has 0 atom stereocenters. The Morgan fingerprint density at radius 2 is 1.53 bits per heavy atom. The molecule has 0 bridgehead atoms. The Bertz CT molecular complexity index is 1170. The Morgan fingerprint density at radius 1 is 0.947 bits per heavy atom. The number of halogens is 6. The third kappa shape index (κ3) is 9.06. The van der Waals surface area contributed by atoms with Gasteiger partial charge in [0.1, 0.15) is 11.6 Å². The molecule has 2 aromatic heterocycles. The van der Waals surface area contributed by atoms with Crippen molar-refractivity contribution in [3.8, 4) is 17.0 Å². The zero-order valence-electron chi connectivity index (χ0n) is 19.7. The van der Waals surface area contributed by atoms with Gasteiger partial charge in [0.25, 0.3) is 0 Å². The van der Waals surface area contributed by atoms with E-state index in [0.29, 0.717) is 0 Å². The predicted molar refractivity (Wildman–Crippen MR) is 120 cm³/mol. The van der Waals surface area contributed by atoms with Crippen molar-refractivity contribution >= 4 is 11.9 Å². The normalized spacial score (nSPS) is 13.2. The Balaban J connectivity index is 0.000000301. The first-order valence-corrected chi connectivity index (χ1v) is 10.6. The number of alkyl halides is 6. The third-order valence-electron chi connectivity index (χ3n) is 4.94. The van der Waals surface area contributed by atoms with E-state index in [9.17, 15) is 26.3 Å². The number of methoxy groups -OCH3 is 1. The van der Waals surface area contributed by atoms with Crippen molar-refractivity contribution in [2.24, 2.45) is 0 Å². The number of fused-ring (bicyclic) bond motifs is 1. The maximum absolute atomic E-state index is 10.6. The largest absolute Gasteiger partial charge is 0.497 e. The lowest BCUT2D eigenvalue weighted by molar-refractivity contribution is -0.193. The number of carboxylic acid groups (broad SMARTS) is 2. The molecule has 0 unspecified atom stereocenters. The van der Waals surface area contributed by atoms with Crippen molar-refractivity contribution in [3.05, 3.63) is 66.4 Å². The first-order chi connectivity index (χ1) is 17.7. The number of carbonyl (C=O) groups is 2. The summed E-state index contributed by atoms with van der Waals surface area (Å²) in [5.41, 5.74) is 3.59. The number of carboxylic acids is 2. The lowest BCUT2D eigenvalue weighted by Crippen LogP contribution is -2.33. The van der Waals surface area contributed by atoms with Crippen molar-refractivity contribution in [2.75, 3.05) is 13.7 Å². The Kier molecular flexibility index (Phi) is 10.2. The van der Waals surface area contributed by atoms with Crippen LogP contribution >= 0.6 is 0 Å². The van der Waals surface area contributed by atoms with Gasteiger partial charge in [-0.25, -0.2) is 14.6 Å². The summed E-state index contributed by atoms with van der Waals surface area (Å²) in [6.45, 7) is 3.75. The summed E-state index contributed by atoms with van der Waals surface area (Å²) in [4.78, 5) is 29.0. The molecule has 9 nitrogen and oxygen atoms in total. The SMILES string of the molecule is COc1ccc(-c2cnc3n2CCN(Cc2cccnc2)C3)cc1.O=C(O)C(F)(F)F.O=C(O)C(F)(F)F. The standard InChI is InChI=1S/C19H20N4O.2C2HF3O2/c1-24-17-6-4-16(5-7-17)18-12-21-19-14-22(9-10-23(18)19)13-15-3-2-8-20-11-15;2*3-2(4,5)1(6)7/h2-8,11-12H,9-10,13-14H2,1H3;2*(H,6,7). The first kappa shape index (κ1) is 30.1. The zero-order valence-corrected chi connectivity index (χ0v) is 19.7. The number of pyridine rings is 1. The number of hydrogen-bond donors (Lipinski definition) is 2. The molecule has 206 valence electrons. The summed E-state index contributed by atoms with van der Waals surface area (Å²) in [7, 11) is 1.69. The third-order valence-corrected chi connectivity index (χ3v) is 4.94. The number of aliphatic carboxylic acids is 2. The van der Waals surface area contributed by atoms with Crippen molar-refractivity contribution in [3.63, 3.8) is 0 Å². The minimum atomic E-state index is -5.08. The van der Waals surface area contributed by atoms with Crippen LogP contribution in [-0.4, -0.2) is 67.6 Å².